The van der Waals surface area contributed by atoms with Crippen molar-refractivity contribution < 1.29 is 9.53 Å². The van der Waals surface area contributed by atoms with Gasteiger partial charge in [0.05, 0.1) is 22.9 Å². The zero-order chi connectivity index (χ0) is 18.8. The predicted molar refractivity (Wildman–Crippen MR) is 109 cm³/mol. The number of aryl methyl sites for hydroxylation is 1. The lowest BCUT2D eigenvalue weighted by Gasteiger charge is -2.26. The Morgan fingerprint density at radius 1 is 1.22 bits per heavy atom. The number of hydrogen-bond donors (Lipinski definition) is 0. The maximum Gasteiger partial charge on any atom is 0.264 e. The van der Waals surface area contributed by atoms with Crippen molar-refractivity contribution in [2.24, 2.45) is 0 Å². The Balaban J connectivity index is 1.68. The maximum atomic E-state index is 13.1. The van der Waals surface area contributed by atoms with Gasteiger partial charge in [0.25, 0.3) is 5.91 Å². The van der Waals surface area contributed by atoms with Gasteiger partial charge in [-0.1, -0.05) is 19.3 Å². The molecule has 0 spiro atoms. The first-order chi connectivity index (χ1) is 13.2. The van der Waals surface area contributed by atoms with E-state index in [0.29, 0.717) is 6.61 Å². The maximum absolute atomic E-state index is 13.1. The van der Waals surface area contributed by atoms with Crippen molar-refractivity contribution in [1.29, 1.82) is 0 Å². The van der Waals surface area contributed by atoms with Crippen LogP contribution < -0.4 is 4.90 Å². The molecule has 2 aliphatic heterocycles. The Labute approximate surface area is 164 Å². The van der Waals surface area contributed by atoms with Crippen molar-refractivity contribution in [2.45, 2.75) is 51.5 Å². The molecule has 2 aromatic rings. The number of ether oxygens (including phenoxy) is 1. The molecule has 1 amide bonds. The summed E-state index contributed by atoms with van der Waals surface area (Å²) in [6.07, 6.45) is 8.85. The minimum Gasteiger partial charge on any atom is -0.379 e. The van der Waals surface area contributed by atoms with Gasteiger partial charge < -0.3 is 14.5 Å². The number of fused-ring (bicyclic) bond motifs is 1. The summed E-state index contributed by atoms with van der Waals surface area (Å²) in [5, 5.41) is 1.06. The zero-order valence-corrected chi connectivity index (χ0v) is 17.1. The predicted octanol–water partition coefficient (Wildman–Crippen LogP) is 3.63. The lowest BCUT2D eigenvalue weighted by Crippen LogP contribution is -2.37. The number of aromatic nitrogens is 2. The molecule has 2 fully saturated rings. The quantitative estimate of drug-likeness (QED) is 0.804. The molecule has 0 N–H and O–H groups in total. The van der Waals surface area contributed by atoms with Crippen molar-refractivity contribution in [3.8, 4) is 0 Å². The molecule has 1 atom stereocenters. The lowest BCUT2D eigenvalue weighted by molar-refractivity contribution is 0.0715. The van der Waals surface area contributed by atoms with Crippen LogP contribution in [0.5, 0.6) is 0 Å². The molecule has 2 aliphatic rings. The lowest BCUT2D eigenvalue weighted by atomic mass is 10.1. The number of carbonyl (C=O) groups excluding carboxylic acids is 1. The molecule has 6 nitrogen and oxygen atoms in total. The Bertz CT molecular complexity index is 808. The summed E-state index contributed by atoms with van der Waals surface area (Å²) in [6, 6.07) is 0.169. The molecule has 27 heavy (non-hydrogen) atoms. The smallest absolute Gasteiger partial charge is 0.264 e. The van der Waals surface area contributed by atoms with Gasteiger partial charge in [0.15, 0.2) is 0 Å². The van der Waals surface area contributed by atoms with Crippen LogP contribution in [0, 0.1) is 6.92 Å². The monoisotopic (exact) mass is 388 g/mol. The highest BCUT2D eigenvalue weighted by atomic mass is 32.1. The summed E-state index contributed by atoms with van der Waals surface area (Å²) >= 11 is 1.50. The highest BCUT2D eigenvalue weighted by molar-refractivity contribution is 7.20. The van der Waals surface area contributed by atoms with Crippen LogP contribution >= 0.6 is 11.3 Å². The van der Waals surface area contributed by atoms with Gasteiger partial charge in [0.2, 0.25) is 0 Å². The van der Waals surface area contributed by atoms with E-state index in [2.05, 4.69) is 14.9 Å². The summed E-state index contributed by atoms with van der Waals surface area (Å²) < 4.78 is 5.45. The largest absolute Gasteiger partial charge is 0.379 e. The van der Waals surface area contributed by atoms with Crippen molar-refractivity contribution >= 4 is 33.3 Å². The molecule has 4 heterocycles. The van der Waals surface area contributed by atoms with Gasteiger partial charge in [-0.15, -0.1) is 11.3 Å². The fourth-order valence-corrected chi connectivity index (χ4v) is 5.24. The molecule has 0 bridgehead atoms. The number of amides is 1. The van der Waals surface area contributed by atoms with Crippen LogP contribution in [0.25, 0.3) is 10.2 Å². The summed E-state index contributed by atoms with van der Waals surface area (Å²) in [7, 11) is 1.89. The summed E-state index contributed by atoms with van der Waals surface area (Å²) in [4.78, 5) is 28.2. The molecule has 0 aliphatic carbocycles. The van der Waals surface area contributed by atoms with E-state index in [-0.39, 0.29) is 11.9 Å². The van der Waals surface area contributed by atoms with Gasteiger partial charge in [-0.2, -0.15) is 0 Å². The molecule has 0 unspecified atom stereocenters. The fourth-order valence-electron chi connectivity index (χ4n) is 4.11. The van der Waals surface area contributed by atoms with E-state index in [1.54, 1.807) is 6.33 Å². The van der Waals surface area contributed by atoms with E-state index in [1.807, 2.05) is 18.9 Å². The molecule has 2 saturated heterocycles. The first kappa shape index (κ1) is 18.6. The van der Waals surface area contributed by atoms with Crippen LogP contribution in [0.3, 0.4) is 0 Å². The topological polar surface area (TPSA) is 58.6 Å². The molecule has 4 rings (SSSR count). The third kappa shape index (κ3) is 3.67. The third-order valence-corrected chi connectivity index (χ3v) is 7.02. The zero-order valence-electron chi connectivity index (χ0n) is 16.2. The van der Waals surface area contributed by atoms with E-state index >= 15 is 0 Å². The van der Waals surface area contributed by atoms with E-state index in [0.717, 1.165) is 52.6 Å². The van der Waals surface area contributed by atoms with Crippen LogP contribution in [0.4, 0.5) is 5.82 Å². The number of anilines is 1. The normalized spacial score (nSPS) is 21.3. The van der Waals surface area contributed by atoms with E-state index < -0.39 is 0 Å². The minimum absolute atomic E-state index is 0.0737. The second-order valence-electron chi connectivity index (χ2n) is 7.62. The van der Waals surface area contributed by atoms with Gasteiger partial charge in [0.1, 0.15) is 17.0 Å². The fraction of sp³-hybridized carbons (Fsp3) is 0.650. The molecular weight excluding hydrogens is 360 g/mol. The highest BCUT2D eigenvalue weighted by Gasteiger charge is 2.29. The number of rotatable bonds is 3. The Hall–Kier alpha value is -1.73. The van der Waals surface area contributed by atoms with Crippen LogP contribution in [-0.2, 0) is 4.74 Å². The molecular formula is C20H28N4O2S. The van der Waals surface area contributed by atoms with Gasteiger partial charge >= 0.3 is 0 Å². The van der Waals surface area contributed by atoms with Crippen molar-refractivity contribution in [2.75, 3.05) is 38.3 Å². The summed E-state index contributed by atoms with van der Waals surface area (Å²) in [5.41, 5.74) is 1.02. The average molecular weight is 389 g/mol. The molecule has 0 radical (unpaired) electrons. The molecule has 0 aromatic carbocycles. The van der Waals surface area contributed by atoms with E-state index in [1.165, 1.54) is 43.4 Å². The number of carbonyl (C=O) groups is 1. The standard InChI is InChI=1S/C20H28N4O2S/c1-14-16-18(24-9-6-4-3-5-7-10-24)21-13-22-19(16)27-17(14)20(25)23(2)15-8-11-26-12-15/h13,15H,3-12H2,1-2H3/t15-/m0/s1. The third-order valence-electron chi connectivity index (χ3n) is 5.83. The second-order valence-corrected chi connectivity index (χ2v) is 8.62. The second kappa shape index (κ2) is 8.10. The van der Waals surface area contributed by atoms with E-state index in [9.17, 15) is 4.79 Å². The number of nitrogens with zero attached hydrogens (tertiary/aromatic N) is 4. The Kier molecular flexibility index (Phi) is 5.59. The average Bonchev–Trinajstić information content (AvgIpc) is 3.29. The number of thiophene rings is 1. The van der Waals surface area contributed by atoms with Crippen molar-refractivity contribution in [3.05, 3.63) is 16.8 Å². The summed E-state index contributed by atoms with van der Waals surface area (Å²) in [5.74, 6) is 1.08. The molecule has 146 valence electrons. The Morgan fingerprint density at radius 2 is 1.96 bits per heavy atom. The first-order valence-corrected chi connectivity index (χ1v) is 10.8. The summed E-state index contributed by atoms with van der Waals surface area (Å²) in [6.45, 7) is 5.47. The van der Waals surface area contributed by atoms with Gasteiger partial charge in [-0.05, 0) is 31.7 Å². The van der Waals surface area contributed by atoms with Gasteiger partial charge in [-0.25, -0.2) is 9.97 Å². The first-order valence-electron chi connectivity index (χ1n) is 10.0. The van der Waals surface area contributed by atoms with Crippen molar-refractivity contribution in [1.82, 2.24) is 14.9 Å². The van der Waals surface area contributed by atoms with Gasteiger partial charge in [-0.3, -0.25) is 4.79 Å². The molecule has 7 heteroatoms. The Morgan fingerprint density at radius 3 is 2.67 bits per heavy atom. The van der Waals surface area contributed by atoms with E-state index in [4.69, 9.17) is 4.74 Å². The van der Waals surface area contributed by atoms with Crippen LogP contribution in [0.15, 0.2) is 6.33 Å². The number of likely N-dealkylation sites (N-methyl/N-ethyl adjacent to an activating group) is 1. The minimum atomic E-state index is 0.0737. The highest BCUT2D eigenvalue weighted by Crippen LogP contribution is 2.36. The van der Waals surface area contributed by atoms with Crippen LogP contribution in [0.1, 0.15) is 53.8 Å². The number of hydrogen-bond acceptors (Lipinski definition) is 6. The molecule has 2 aromatic heterocycles. The van der Waals surface area contributed by atoms with Crippen molar-refractivity contribution in [3.63, 3.8) is 0 Å². The SMILES string of the molecule is Cc1c(C(=O)N(C)[C@H]2CCOC2)sc2ncnc(N3CCCCCCC3)c12. The van der Waals surface area contributed by atoms with Gasteiger partial charge in [0, 0.05) is 26.7 Å². The van der Waals surface area contributed by atoms with Crippen LogP contribution in [0.2, 0.25) is 0 Å². The molecule has 0 saturated carbocycles. The van der Waals surface area contributed by atoms with Crippen LogP contribution in [-0.4, -0.2) is 60.2 Å².